The van der Waals surface area contributed by atoms with Gasteiger partial charge in [-0.3, -0.25) is 0 Å². The van der Waals surface area contributed by atoms with Crippen molar-refractivity contribution >= 4 is 46.4 Å². The first-order valence-corrected chi connectivity index (χ1v) is 7.79. The summed E-state index contributed by atoms with van der Waals surface area (Å²) in [5.74, 6) is -0.327. The first-order valence-electron chi connectivity index (χ1n) is 6.28. The third-order valence-electron chi connectivity index (χ3n) is 3.01. The predicted octanol–water partition coefficient (Wildman–Crippen LogP) is 6.22. The Bertz CT molecular complexity index is 647. The third kappa shape index (κ3) is 3.64. The molecule has 1 N–H and O–H groups in total. The Morgan fingerprint density at radius 3 is 2.19 bits per heavy atom. The van der Waals surface area contributed by atoms with Gasteiger partial charge in [-0.25, -0.2) is 4.39 Å². The van der Waals surface area contributed by atoms with Crippen LogP contribution in [0.15, 0.2) is 24.3 Å². The molecule has 2 aromatic rings. The molecule has 0 atom stereocenters. The molecule has 2 rings (SSSR count). The number of halogens is 5. The van der Waals surface area contributed by atoms with E-state index in [1.54, 1.807) is 6.07 Å². The van der Waals surface area contributed by atoms with E-state index in [1.807, 2.05) is 6.92 Å². The summed E-state index contributed by atoms with van der Waals surface area (Å²) < 4.78 is 13.5. The normalized spacial score (nSPS) is 11.0. The highest BCUT2D eigenvalue weighted by Crippen LogP contribution is 2.44. The van der Waals surface area contributed by atoms with Crippen molar-refractivity contribution in [3.63, 3.8) is 0 Å². The smallest absolute Gasteiger partial charge is 0.123 e. The topological polar surface area (TPSA) is 12.0 Å². The molecule has 1 nitrogen and oxygen atoms in total. The highest BCUT2D eigenvalue weighted by Gasteiger charge is 2.18. The van der Waals surface area contributed by atoms with Gasteiger partial charge in [0.1, 0.15) is 5.82 Å². The molecule has 0 fully saturated rings. The minimum Gasteiger partial charge on any atom is -0.313 e. The lowest BCUT2D eigenvalue weighted by molar-refractivity contribution is 0.622. The lowest BCUT2D eigenvalue weighted by Crippen LogP contribution is -2.12. The first-order chi connectivity index (χ1) is 9.95. The van der Waals surface area contributed by atoms with E-state index in [9.17, 15) is 4.39 Å². The summed E-state index contributed by atoms with van der Waals surface area (Å²) in [6.07, 6.45) is 0. The monoisotopic (exact) mass is 365 g/mol. The zero-order valence-corrected chi connectivity index (χ0v) is 14.1. The number of rotatable bonds is 4. The molecule has 0 amide bonds. The maximum absolute atomic E-state index is 13.5. The molecule has 2 aromatic carbocycles. The van der Waals surface area contributed by atoms with Crippen LogP contribution in [0, 0.1) is 5.82 Å². The molecule has 0 radical (unpaired) electrons. The maximum Gasteiger partial charge on any atom is 0.123 e. The van der Waals surface area contributed by atoms with Crippen molar-refractivity contribution in [3.05, 3.63) is 55.7 Å². The van der Waals surface area contributed by atoms with Crippen LogP contribution in [0.1, 0.15) is 12.5 Å². The van der Waals surface area contributed by atoms with Crippen molar-refractivity contribution in [2.45, 2.75) is 13.5 Å². The highest BCUT2D eigenvalue weighted by atomic mass is 35.5. The van der Waals surface area contributed by atoms with E-state index in [-0.39, 0.29) is 5.82 Å². The fourth-order valence-corrected chi connectivity index (χ4v) is 3.03. The minimum atomic E-state index is -0.327. The molecule has 0 aliphatic carbocycles. The largest absolute Gasteiger partial charge is 0.313 e. The Morgan fingerprint density at radius 1 is 1.00 bits per heavy atom. The van der Waals surface area contributed by atoms with Gasteiger partial charge >= 0.3 is 0 Å². The molecule has 0 saturated carbocycles. The van der Waals surface area contributed by atoms with Crippen LogP contribution in [0.25, 0.3) is 11.1 Å². The van der Waals surface area contributed by atoms with Crippen LogP contribution in [0.4, 0.5) is 4.39 Å². The molecule has 0 heterocycles. The summed E-state index contributed by atoms with van der Waals surface area (Å²) in [6.45, 7) is 3.21. The van der Waals surface area contributed by atoms with Crippen molar-refractivity contribution in [1.82, 2.24) is 5.32 Å². The van der Waals surface area contributed by atoms with Crippen molar-refractivity contribution < 1.29 is 4.39 Å². The summed E-state index contributed by atoms with van der Waals surface area (Å²) >= 11 is 24.7. The molecular formula is C15H12Cl4FN. The zero-order chi connectivity index (χ0) is 15.6. The Labute approximate surface area is 143 Å². The average molecular weight is 367 g/mol. The minimum absolute atomic E-state index is 0.301. The van der Waals surface area contributed by atoms with Crippen LogP contribution in [-0.2, 0) is 6.54 Å². The number of hydrogen-bond acceptors (Lipinski definition) is 1. The molecule has 0 saturated heterocycles. The first kappa shape index (κ1) is 16.9. The van der Waals surface area contributed by atoms with E-state index in [1.165, 1.54) is 18.2 Å². The van der Waals surface area contributed by atoms with Gasteiger partial charge in [0.05, 0.1) is 20.1 Å². The second-order valence-corrected chi connectivity index (χ2v) is 6.00. The summed E-state index contributed by atoms with van der Waals surface area (Å²) in [7, 11) is 0. The van der Waals surface area contributed by atoms with E-state index in [0.717, 1.165) is 12.1 Å². The molecule has 112 valence electrons. The lowest BCUT2D eigenvalue weighted by atomic mass is 9.99. The maximum atomic E-state index is 13.5. The Morgan fingerprint density at radius 2 is 1.62 bits per heavy atom. The molecule has 0 aliphatic rings. The lowest BCUT2D eigenvalue weighted by Gasteiger charge is -2.15. The summed E-state index contributed by atoms with van der Waals surface area (Å²) in [4.78, 5) is 0. The van der Waals surface area contributed by atoms with Crippen LogP contribution in [-0.4, -0.2) is 6.54 Å². The average Bonchev–Trinajstić information content (AvgIpc) is 2.45. The van der Waals surface area contributed by atoms with Crippen molar-refractivity contribution in [3.8, 4) is 11.1 Å². The van der Waals surface area contributed by atoms with E-state index < -0.39 is 0 Å². The van der Waals surface area contributed by atoms with Crippen molar-refractivity contribution in [2.75, 3.05) is 6.54 Å². The zero-order valence-electron chi connectivity index (χ0n) is 11.1. The Kier molecular flexibility index (Phi) is 5.75. The molecule has 0 aromatic heterocycles. The van der Waals surface area contributed by atoms with Crippen LogP contribution >= 0.6 is 46.4 Å². The van der Waals surface area contributed by atoms with Gasteiger partial charge in [-0.05, 0) is 35.9 Å². The molecular weight excluding hydrogens is 355 g/mol. The van der Waals surface area contributed by atoms with Crippen LogP contribution < -0.4 is 5.32 Å². The van der Waals surface area contributed by atoms with Crippen LogP contribution in [0.2, 0.25) is 20.1 Å². The van der Waals surface area contributed by atoms with E-state index in [0.29, 0.717) is 37.8 Å². The fraction of sp³-hybridized carbons (Fsp3) is 0.200. The van der Waals surface area contributed by atoms with Gasteiger partial charge in [-0.15, -0.1) is 0 Å². The summed E-state index contributed by atoms with van der Waals surface area (Å²) in [5, 5.41) is 4.36. The van der Waals surface area contributed by atoms with Gasteiger partial charge in [-0.1, -0.05) is 59.4 Å². The van der Waals surface area contributed by atoms with E-state index in [2.05, 4.69) is 5.32 Å². The Hall–Kier alpha value is -0.510. The molecule has 21 heavy (non-hydrogen) atoms. The summed E-state index contributed by atoms with van der Waals surface area (Å²) in [6, 6.07) is 5.91. The van der Waals surface area contributed by atoms with Gasteiger partial charge in [0.25, 0.3) is 0 Å². The van der Waals surface area contributed by atoms with Gasteiger partial charge in [0.2, 0.25) is 0 Å². The number of hydrogen-bond donors (Lipinski definition) is 1. The number of benzene rings is 2. The molecule has 0 aliphatic heterocycles. The predicted molar refractivity (Wildman–Crippen MR) is 89.3 cm³/mol. The molecule has 6 heteroatoms. The molecule has 0 spiro atoms. The third-order valence-corrected chi connectivity index (χ3v) is 4.59. The van der Waals surface area contributed by atoms with Gasteiger partial charge in [0.15, 0.2) is 0 Å². The summed E-state index contributed by atoms with van der Waals surface area (Å²) in [5.41, 5.74) is 1.96. The highest BCUT2D eigenvalue weighted by molar-refractivity contribution is 6.50. The van der Waals surface area contributed by atoms with Crippen LogP contribution in [0.3, 0.4) is 0 Å². The standard InChI is InChI=1S/C15H12Cl4FN/c1-2-21-7-8-5-9(20)3-4-10(8)13-14(18)11(16)6-12(17)15(13)19/h3-6,21H,2,7H2,1H3. The SMILES string of the molecule is CCNCc1cc(F)ccc1-c1c(Cl)c(Cl)cc(Cl)c1Cl. The quantitative estimate of drug-likeness (QED) is 0.633. The molecule has 0 unspecified atom stereocenters. The van der Waals surface area contributed by atoms with E-state index >= 15 is 0 Å². The van der Waals surface area contributed by atoms with Gasteiger partial charge in [0, 0.05) is 12.1 Å². The second-order valence-electron chi connectivity index (χ2n) is 4.42. The van der Waals surface area contributed by atoms with Crippen molar-refractivity contribution in [1.29, 1.82) is 0 Å². The van der Waals surface area contributed by atoms with Gasteiger partial charge < -0.3 is 5.32 Å². The number of nitrogens with one attached hydrogen (secondary N) is 1. The molecule has 0 bridgehead atoms. The van der Waals surface area contributed by atoms with E-state index in [4.69, 9.17) is 46.4 Å². The fourth-order valence-electron chi connectivity index (χ4n) is 2.02. The Balaban J connectivity index is 2.67. The van der Waals surface area contributed by atoms with Crippen LogP contribution in [0.5, 0.6) is 0 Å². The second kappa shape index (κ2) is 7.17. The van der Waals surface area contributed by atoms with Gasteiger partial charge in [-0.2, -0.15) is 0 Å². The van der Waals surface area contributed by atoms with Crippen molar-refractivity contribution in [2.24, 2.45) is 0 Å².